The first-order valence-electron chi connectivity index (χ1n) is 23.9. The molecule has 3 nitrogen and oxygen atoms in total. The van der Waals surface area contributed by atoms with Crippen LogP contribution in [0.3, 0.4) is 0 Å². The third-order valence-corrected chi connectivity index (χ3v) is 16.5. The summed E-state index contributed by atoms with van der Waals surface area (Å²) < 4.78 is 12.4. The van der Waals surface area contributed by atoms with Crippen LogP contribution in [0.1, 0.15) is 111 Å². The van der Waals surface area contributed by atoms with Crippen molar-refractivity contribution < 1.29 is 4.74 Å². The van der Waals surface area contributed by atoms with E-state index in [4.69, 9.17) is 4.74 Å². The van der Waals surface area contributed by atoms with Gasteiger partial charge in [0.15, 0.2) is 0 Å². The molecule has 0 fully saturated rings. The van der Waals surface area contributed by atoms with Crippen molar-refractivity contribution in [3.05, 3.63) is 161 Å². The Balaban J connectivity index is 1.21. The lowest BCUT2D eigenvalue weighted by Gasteiger charge is -2.41. The Morgan fingerprint density at radius 1 is 0.478 bits per heavy atom. The molecule has 7 aromatic carbocycles. The number of ether oxygens (including phenoxy) is 1. The summed E-state index contributed by atoms with van der Waals surface area (Å²) in [6.07, 6.45) is 0. The molecule has 2 aromatic heterocycles. The number of rotatable bonds is 4. The Kier molecular flexibility index (Phi) is 9.85. The monoisotopic (exact) mass is 912 g/mol. The number of fused-ring (bicyclic) bond motifs is 9. The fourth-order valence-electron chi connectivity index (χ4n) is 10.3. The maximum atomic E-state index is 7.29. The Bertz CT molecular complexity index is 3380. The van der Waals surface area contributed by atoms with Crippen molar-refractivity contribution in [3.63, 3.8) is 0 Å². The zero-order valence-corrected chi connectivity index (χ0v) is 43.0. The predicted molar refractivity (Wildman–Crippen MR) is 295 cm³/mol. The SMILES string of the molecule is Cc1cc2c3c(c1)N(c1cc(N(c4ccc(C(C)(C)C)cc4)c4ccc(C(C)(C)C)cc4)cc4sc5ccccc5c14)c1ccc(C(C)(C)C)cc1B3c1sc3ccc(C(C)(C)C)cc3c1O2. The predicted octanol–water partition coefficient (Wildman–Crippen LogP) is 16.6. The summed E-state index contributed by atoms with van der Waals surface area (Å²) in [5.41, 5.74) is 16.0. The second-order valence-electron chi connectivity index (χ2n) is 23.2. The Morgan fingerprint density at radius 3 is 1.67 bits per heavy atom. The van der Waals surface area contributed by atoms with Gasteiger partial charge in [0.2, 0.25) is 0 Å². The van der Waals surface area contributed by atoms with Gasteiger partial charge in [-0.05, 0) is 140 Å². The molecule has 0 saturated carbocycles. The van der Waals surface area contributed by atoms with Crippen LogP contribution >= 0.6 is 22.7 Å². The third-order valence-electron chi connectivity index (χ3n) is 14.2. The van der Waals surface area contributed by atoms with Crippen LogP contribution < -0.4 is 30.2 Å². The van der Waals surface area contributed by atoms with Crippen molar-refractivity contribution in [2.75, 3.05) is 9.80 Å². The maximum Gasteiger partial charge on any atom is 0.268 e. The first-order valence-corrected chi connectivity index (χ1v) is 25.6. The molecule has 336 valence electrons. The highest BCUT2D eigenvalue weighted by Gasteiger charge is 2.45. The highest BCUT2D eigenvalue weighted by atomic mass is 32.1. The van der Waals surface area contributed by atoms with Gasteiger partial charge in [-0.3, -0.25) is 0 Å². The average Bonchev–Trinajstić information content (AvgIpc) is 3.83. The Labute approximate surface area is 406 Å². The number of thiophene rings is 2. The molecule has 0 radical (unpaired) electrons. The van der Waals surface area contributed by atoms with Gasteiger partial charge in [-0.15, -0.1) is 22.7 Å². The van der Waals surface area contributed by atoms with Crippen LogP contribution in [-0.4, -0.2) is 6.71 Å². The summed E-state index contributed by atoms with van der Waals surface area (Å²) in [7, 11) is 0. The van der Waals surface area contributed by atoms with E-state index >= 15 is 0 Å². The molecule has 67 heavy (non-hydrogen) atoms. The molecule has 11 rings (SSSR count). The molecule has 0 unspecified atom stereocenters. The fourth-order valence-corrected chi connectivity index (χ4v) is 12.7. The van der Waals surface area contributed by atoms with Crippen LogP contribution in [0.15, 0.2) is 133 Å². The summed E-state index contributed by atoms with van der Waals surface area (Å²) in [5.74, 6) is 1.96. The maximum absolute atomic E-state index is 7.29. The van der Waals surface area contributed by atoms with Crippen LogP contribution in [0.2, 0.25) is 0 Å². The van der Waals surface area contributed by atoms with Crippen LogP contribution in [0.25, 0.3) is 30.3 Å². The molecule has 4 heterocycles. The molecule has 0 aliphatic carbocycles. The molecule has 9 aromatic rings. The molecule has 0 bridgehead atoms. The van der Waals surface area contributed by atoms with Gasteiger partial charge in [0.05, 0.1) is 5.69 Å². The van der Waals surface area contributed by atoms with Crippen molar-refractivity contribution in [1.29, 1.82) is 0 Å². The van der Waals surface area contributed by atoms with Gasteiger partial charge in [-0.25, -0.2) is 0 Å². The number of benzene rings is 7. The van der Waals surface area contributed by atoms with Crippen molar-refractivity contribution in [1.82, 2.24) is 0 Å². The van der Waals surface area contributed by atoms with E-state index in [0.29, 0.717) is 0 Å². The second-order valence-corrected chi connectivity index (χ2v) is 25.4. The van der Waals surface area contributed by atoms with Gasteiger partial charge in [0.1, 0.15) is 11.5 Å². The highest BCUT2D eigenvalue weighted by molar-refractivity contribution is 7.33. The van der Waals surface area contributed by atoms with Crippen LogP contribution in [0.5, 0.6) is 11.5 Å². The summed E-state index contributed by atoms with van der Waals surface area (Å²) >= 11 is 3.78. The largest absolute Gasteiger partial charge is 0.457 e. The average molecular weight is 913 g/mol. The minimum absolute atomic E-state index is 0.00967. The molecule has 0 spiro atoms. The molecule has 6 heteroatoms. The quantitative estimate of drug-likeness (QED) is 0.164. The van der Waals surface area contributed by atoms with Gasteiger partial charge in [0.25, 0.3) is 6.71 Å². The molecule has 0 amide bonds. The van der Waals surface area contributed by atoms with Crippen LogP contribution in [0, 0.1) is 6.92 Å². The smallest absolute Gasteiger partial charge is 0.268 e. The van der Waals surface area contributed by atoms with E-state index in [9.17, 15) is 0 Å². The number of hydrogen-bond acceptors (Lipinski definition) is 5. The molecule has 2 aliphatic heterocycles. The van der Waals surface area contributed by atoms with E-state index in [2.05, 4.69) is 233 Å². The van der Waals surface area contributed by atoms with Crippen molar-refractivity contribution in [3.8, 4) is 11.5 Å². The summed E-state index contributed by atoms with van der Waals surface area (Å²) in [6, 6.07) is 51.4. The van der Waals surface area contributed by atoms with E-state index in [1.165, 1.54) is 90.8 Å². The van der Waals surface area contributed by atoms with Crippen LogP contribution in [-0.2, 0) is 21.7 Å². The molecular weight excluding hydrogens is 852 g/mol. The Morgan fingerprint density at radius 2 is 1.04 bits per heavy atom. The number of hydrogen-bond donors (Lipinski definition) is 0. The lowest BCUT2D eigenvalue weighted by molar-refractivity contribution is 0.494. The highest BCUT2D eigenvalue weighted by Crippen LogP contribution is 2.52. The summed E-state index contributed by atoms with van der Waals surface area (Å²) in [4.78, 5) is 5.06. The van der Waals surface area contributed by atoms with Gasteiger partial charge >= 0.3 is 0 Å². The van der Waals surface area contributed by atoms with Gasteiger partial charge in [-0.2, -0.15) is 0 Å². The number of anilines is 6. The van der Waals surface area contributed by atoms with E-state index in [-0.39, 0.29) is 28.4 Å². The Hall–Kier alpha value is -5.82. The van der Waals surface area contributed by atoms with Crippen LogP contribution in [0.4, 0.5) is 34.1 Å². The topological polar surface area (TPSA) is 15.7 Å². The third kappa shape index (κ3) is 7.29. The van der Waals surface area contributed by atoms with E-state index < -0.39 is 0 Å². The molecular formula is C61H61BN2OS2. The zero-order chi connectivity index (χ0) is 47.1. The summed E-state index contributed by atoms with van der Waals surface area (Å²) in [6.45, 7) is 29.9. The lowest BCUT2D eigenvalue weighted by atomic mass is 9.36. The van der Waals surface area contributed by atoms with Crippen molar-refractivity contribution in [2.45, 2.75) is 112 Å². The number of nitrogens with zero attached hydrogens (tertiary/aromatic N) is 2. The van der Waals surface area contributed by atoms with Crippen molar-refractivity contribution >= 4 is 109 Å². The molecule has 2 aliphatic rings. The van der Waals surface area contributed by atoms with E-state index in [1.807, 2.05) is 22.7 Å². The minimum atomic E-state index is -0.0473. The molecule has 0 atom stereocenters. The second kappa shape index (κ2) is 15.1. The van der Waals surface area contributed by atoms with Gasteiger partial charge in [-0.1, -0.05) is 144 Å². The molecule has 0 N–H and O–H groups in total. The minimum Gasteiger partial charge on any atom is -0.457 e. The zero-order valence-electron chi connectivity index (χ0n) is 41.4. The first kappa shape index (κ1) is 43.7. The van der Waals surface area contributed by atoms with Gasteiger partial charge < -0.3 is 14.5 Å². The van der Waals surface area contributed by atoms with Crippen molar-refractivity contribution in [2.24, 2.45) is 0 Å². The fraction of sp³-hybridized carbons (Fsp3) is 0.279. The normalized spacial score (nSPS) is 13.8. The first-order chi connectivity index (χ1) is 31.6. The standard InChI is InChI=1S/C61H61BN2OS2/c1-36-30-49-55-50(31-36)65-56-45-32-39(60(8,9)10)23-29-52(45)67-57(56)62(55)46-33-40(61(11,12)13)22-28-47(46)64(49)48-34-43(35-53-54(48)44-16-14-15-17-51(44)66-53)63(41-24-18-37(19-25-41)58(2,3)4)42-26-20-38(21-27-42)59(5,6)7/h14-35H,1-13H3. The summed E-state index contributed by atoms with van der Waals surface area (Å²) in [5, 5.41) is 3.75. The molecule has 0 saturated heterocycles. The van der Waals surface area contributed by atoms with E-state index in [0.717, 1.165) is 28.6 Å². The lowest BCUT2D eigenvalue weighted by Crippen LogP contribution is -2.58. The van der Waals surface area contributed by atoms with Gasteiger partial charge in [0, 0.05) is 63.5 Å². The number of aryl methyl sites for hydroxylation is 1. The van der Waals surface area contributed by atoms with E-state index in [1.54, 1.807) is 0 Å².